The van der Waals surface area contributed by atoms with Crippen LogP contribution in [0.25, 0.3) is 10.8 Å². The van der Waals surface area contributed by atoms with E-state index >= 15 is 0 Å². The van der Waals surface area contributed by atoms with Gasteiger partial charge in [-0.3, -0.25) is 0 Å². The van der Waals surface area contributed by atoms with Gasteiger partial charge in [0.15, 0.2) is 0 Å². The van der Waals surface area contributed by atoms with Gasteiger partial charge < -0.3 is 0 Å². The molecule has 138 valence electrons. The van der Waals surface area contributed by atoms with Gasteiger partial charge in [0.2, 0.25) is 0 Å². The Bertz CT molecular complexity index is 556. The number of aryl methyl sites for hydroxylation is 1. The van der Waals surface area contributed by atoms with Crippen LogP contribution in [0.4, 0.5) is 0 Å². The molecule has 0 radical (unpaired) electrons. The number of rotatable bonds is 1. The van der Waals surface area contributed by atoms with Gasteiger partial charge in [-0.2, -0.15) is 0 Å². The molecule has 0 aliphatic rings. The van der Waals surface area contributed by atoms with E-state index in [1.54, 1.807) is 0 Å². The Morgan fingerprint density at radius 2 is 1.20 bits per heavy atom. The normalized spacial score (nSPS) is 8.92. The molecule has 2 aromatic carbocycles. The van der Waals surface area contributed by atoms with Crippen molar-refractivity contribution in [3.63, 3.8) is 0 Å². The Kier molecular flexibility index (Phi) is 20.6. The number of fused-ring (bicyclic) bond motifs is 1. The molecular weight excluding hydrogens is 319 g/mol. The van der Waals surface area contributed by atoms with Crippen molar-refractivity contribution in [2.45, 2.75) is 54.9 Å². The highest BCUT2D eigenvalue weighted by Crippen LogP contribution is 2.11. The summed E-state index contributed by atoms with van der Waals surface area (Å²) >= 11 is 0. The Balaban J connectivity index is 0. The third-order valence-electron chi connectivity index (χ3n) is 2.88. The van der Waals surface area contributed by atoms with Crippen LogP contribution in [0, 0.1) is 6.92 Å². The second kappa shape index (κ2) is 20.3. The molecule has 0 saturated carbocycles. The highest BCUT2D eigenvalue weighted by Gasteiger charge is 1.85. The molecule has 0 aliphatic carbocycles. The molecule has 3 aromatic rings. The minimum atomic E-state index is 0.963. The van der Waals surface area contributed by atoms with Gasteiger partial charge in [0.1, 0.15) is 0 Å². The van der Waals surface area contributed by atoms with Gasteiger partial charge in [-0.1, -0.05) is 107 Å². The molecule has 25 heavy (non-hydrogen) atoms. The molecule has 0 saturated heterocycles. The second-order valence-electron chi connectivity index (χ2n) is 4.68. The van der Waals surface area contributed by atoms with Crippen molar-refractivity contribution in [2.24, 2.45) is 0 Å². The molecule has 0 fully saturated rings. The zero-order chi connectivity index (χ0) is 19.3. The van der Waals surface area contributed by atoms with Crippen LogP contribution in [0.1, 0.15) is 53.3 Å². The fourth-order valence-electron chi connectivity index (χ4n) is 1.79. The SMILES string of the molecule is C/C=C\CC.CC.CC.Cc1ccc[pH]1.c1ccc2ccccc2c1. The lowest BCUT2D eigenvalue weighted by atomic mass is 10.1. The van der Waals surface area contributed by atoms with Crippen molar-refractivity contribution in [2.75, 3.05) is 0 Å². The smallest absolute Gasteiger partial charge is 0.0184 e. The van der Waals surface area contributed by atoms with Gasteiger partial charge in [-0.25, -0.2) is 0 Å². The molecule has 0 nitrogen and oxygen atoms in total. The summed E-state index contributed by atoms with van der Waals surface area (Å²) in [4.78, 5) is 0. The molecule has 1 aromatic heterocycles. The third-order valence-corrected chi connectivity index (χ3v) is 3.86. The van der Waals surface area contributed by atoms with Crippen LogP contribution in [0.2, 0.25) is 0 Å². The maximum absolute atomic E-state index is 2.19. The maximum Gasteiger partial charge on any atom is -0.0184 e. The van der Waals surface area contributed by atoms with Gasteiger partial charge >= 0.3 is 0 Å². The van der Waals surface area contributed by atoms with Gasteiger partial charge in [-0.05, 0) is 42.1 Å². The van der Waals surface area contributed by atoms with E-state index in [9.17, 15) is 0 Å². The highest BCUT2D eigenvalue weighted by atomic mass is 31.0. The van der Waals surface area contributed by atoms with Crippen molar-refractivity contribution in [3.8, 4) is 0 Å². The summed E-state index contributed by atoms with van der Waals surface area (Å²) in [5, 5.41) is 4.12. The van der Waals surface area contributed by atoms with E-state index in [0.29, 0.717) is 0 Å². The minimum absolute atomic E-state index is 0.963. The summed E-state index contributed by atoms with van der Waals surface area (Å²) in [5.41, 5.74) is 0. The molecule has 0 aliphatic heterocycles. The van der Waals surface area contributed by atoms with Crippen LogP contribution in [-0.2, 0) is 0 Å². The Hall–Kier alpha value is -1.78. The third kappa shape index (κ3) is 14.3. The van der Waals surface area contributed by atoms with Crippen LogP contribution >= 0.6 is 8.19 Å². The summed E-state index contributed by atoms with van der Waals surface area (Å²) in [5.74, 6) is 2.19. The molecule has 1 heteroatoms. The molecule has 0 spiro atoms. The number of allylic oxidation sites excluding steroid dienone is 2. The number of hydrogen-bond donors (Lipinski definition) is 0. The van der Waals surface area contributed by atoms with E-state index in [0.717, 1.165) is 14.6 Å². The molecule has 1 unspecified atom stereocenters. The fraction of sp³-hybridized carbons (Fsp3) is 0.333. The molecule has 1 atom stereocenters. The summed E-state index contributed by atoms with van der Waals surface area (Å²) in [6.07, 6.45) is 5.34. The molecule has 1 heterocycles. The van der Waals surface area contributed by atoms with Crippen molar-refractivity contribution in [1.82, 2.24) is 0 Å². The second-order valence-corrected chi connectivity index (χ2v) is 6.09. The van der Waals surface area contributed by atoms with Crippen molar-refractivity contribution in [3.05, 3.63) is 83.9 Å². The summed E-state index contributed by atoms with van der Waals surface area (Å²) in [7, 11) is 0.963. The fourth-order valence-corrected chi connectivity index (χ4v) is 2.44. The summed E-state index contributed by atoms with van der Waals surface area (Å²) in [6.45, 7) is 14.3. The largest absolute Gasteiger partial charge is 0.137 e. The van der Waals surface area contributed by atoms with E-state index in [1.165, 1.54) is 16.1 Å². The van der Waals surface area contributed by atoms with Gasteiger partial charge in [0.05, 0.1) is 0 Å². The first-order valence-electron chi connectivity index (χ1n) is 9.42. The first-order valence-corrected chi connectivity index (χ1v) is 10.5. The van der Waals surface area contributed by atoms with Gasteiger partial charge in [-0.15, -0.1) is 8.19 Å². The predicted molar refractivity (Wildman–Crippen MR) is 122 cm³/mol. The zero-order valence-corrected chi connectivity index (χ0v) is 18.2. The monoisotopic (exact) mass is 356 g/mol. The van der Waals surface area contributed by atoms with E-state index in [1.807, 2.05) is 34.6 Å². The van der Waals surface area contributed by atoms with Gasteiger partial charge in [0, 0.05) is 0 Å². The van der Waals surface area contributed by atoms with Crippen LogP contribution < -0.4 is 0 Å². The molecule has 0 bridgehead atoms. The van der Waals surface area contributed by atoms with Crippen molar-refractivity contribution >= 4 is 19.0 Å². The minimum Gasteiger partial charge on any atom is -0.137 e. The molecule has 3 rings (SSSR count). The first-order chi connectivity index (χ1) is 12.3. The van der Waals surface area contributed by atoms with Crippen molar-refractivity contribution < 1.29 is 0 Å². The van der Waals surface area contributed by atoms with E-state index in [-0.39, 0.29) is 0 Å². The standard InChI is InChI=1S/C10H8.C5H7P.C5H10.2C2H6/c1-2-6-10-8-4-3-7-9(10)5-1;1-5-3-2-4-6-5;1-3-5-4-2;2*1-2/h1-8H;2-4,6H,1H3;3,5H,4H2,1-2H3;2*1-2H3/b;;5-3-;;. The van der Waals surface area contributed by atoms with Crippen molar-refractivity contribution in [1.29, 1.82) is 0 Å². The lowest BCUT2D eigenvalue weighted by Gasteiger charge is -1.92. The average Bonchev–Trinajstić information content (AvgIpc) is 3.18. The van der Waals surface area contributed by atoms with E-state index < -0.39 is 0 Å². The Morgan fingerprint density at radius 1 is 0.760 bits per heavy atom. The summed E-state index contributed by atoms with van der Waals surface area (Å²) < 4.78 is 0. The molecule has 0 amide bonds. The Labute approximate surface area is 158 Å². The average molecular weight is 357 g/mol. The molecular formula is C24H37P. The number of benzene rings is 2. The first kappa shape index (κ1) is 25.5. The Morgan fingerprint density at radius 3 is 1.36 bits per heavy atom. The number of hydrogen-bond acceptors (Lipinski definition) is 0. The predicted octanol–water partition coefficient (Wildman–Crippen LogP) is 8.89. The summed E-state index contributed by atoms with van der Waals surface area (Å²) in [6, 6.07) is 21.0. The van der Waals surface area contributed by atoms with E-state index in [2.05, 4.69) is 92.5 Å². The quantitative estimate of drug-likeness (QED) is 0.382. The van der Waals surface area contributed by atoms with Crippen LogP contribution in [0.5, 0.6) is 0 Å². The van der Waals surface area contributed by atoms with Crippen LogP contribution in [0.3, 0.4) is 0 Å². The maximum atomic E-state index is 2.19. The highest BCUT2D eigenvalue weighted by molar-refractivity contribution is 7.30. The van der Waals surface area contributed by atoms with Crippen LogP contribution in [-0.4, -0.2) is 0 Å². The van der Waals surface area contributed by atoms with Gasteiger partial charge in [0.25, 0.3) is 0 Å². The van der Waals surface area contributed by atoms with E-state index in [4.69, 9.17) is 0 Å². The zero-order valence-electron chi connectivity index (χ0n) is 17.2. The lowest BCUT2D eigenvalue weighted by molar-refractivity contribution is 1.22. The lowest BCUT2D eigenvalue weighted by Crippen LogP contribution is -1.67. The van der Waals surface area contributed by atoms with Crippen LogP contribution in [0.15, 0.2) is 78.6 Å². The molecule has 0 N–H and O–H groups in total. The topological polar surface area (TPSA) is 0 Å².